The van der Waals surface area contributed by atoms with E-state index in [4.69, 9.17) is 11.6 Å². The number of carbonyl (C=O) groups is 1. The van der Waals surface area contributed by atoms with E-state index in [1.54, 1.807) is 36.3 Å². The zero-order valence-corrected chi connectivity index (χ0v) is 17.6. The largest absolute Gasteiger partial charge is 0.338 e. The quantitative estimate of drug-likeness (QED) is 0.791. The fourth-order valence-corrected chi connectivity index (χ4v) is 5.43. The maximum absolute atomic E-state index is 13.0. The molecule has 1 unspecified atom stereocenters. The summed E-state index contributed by atoms with van der Waals surface area (Å²) in [4.78, 5) is 19.2. The molecule has 0 radical (unpaired) electrons. The van der Waals surface area contributed by atoms with Gasteiger partial charge in [-0.05, 0) is 44.9 Å². The minimum absolute atomic E-state index is 0.0393. The summed E-state index contributed by atoms with van der Waals surface area (Å²) in [6.45, 7) is 4.67. The second-order valence-corrected chi connectivity index (χ2v) is 9.93. The van der Waals surface area contributed by atoms with Gasteiger partial charge in [0.1, 0.15) is 0 Å². The number of sulfonamides is 1. The topological polar surface area (TPSA) is 79.4 Å². The molecule has 1 N–H and O–H groups in total. The predicted molar refractivity (Wildman–Crippen MR) is 107 cm³/mol. The first kappa shape index (κ1) is 20.3. The van der Waals surface area contributed by atoms with E-state index in [-0.39, 0.29) is 33.3 Å². The van der Waals surface area contributed by atoms with Crippen molar-refractivity contribution in [3.63, 3.8) is 0 Å². The van der Waals surface area contributed by atoms with Crippen LogP contribution in [0.25, 0.3) is 0 Å². The third-order valence-electron chi connectivity index (χ3n) is 4.38. The summed E-state index contributed by atoms with van der Waals surface area (Å²) in [5, 5.41) is 3.21. The smallest absolute Gasteiger partial charge is 0.255 e. The Morgan fingerprint density at radius 1 is 1.41 bits per heavy atom. The molecule has 2 heterocycles. The lowest BCUT2D eigenvalue weighted by atomic mass is 9.98. The molecule has 1 aromatic carbocycles. The van der Waals surface area contributed by atoms with Gasteiger partial charge in [-0.1, -0.05) is 11.6 Å². The van der Waals surface area contributed by atoms with Gasteiger partial charge in [0, 0.05) is 36.6 Å². The van der Waals surface area contributed by atoms with Crippen molar-refractivity contribution in [3.8, 4) is 0 Å². The van der Waals surface area contributed by atoms with Crippen LogP contribution in [0.3, 0.4) is 0 Å². The van der Waals surface area contributed by atoms with Crippen molar-refractivity contribution in [3.05, 3.63) is 45.4 Å². The number of amides is 1. The van der Waals surface area contributed by atoms with Crippen LogP contribution < -0.4 is 4.72 Å². The van der Waals surface area contributed by atoms with E-state index in [1.807, 2.05) is 5.38 Å². The van der Waals surface area contributed by atoms with E-state index >= 15 is 0 Å². The Morgan fingerprint density at radius 3 is 2.85 bits per heavy atom. The summed E-state index contributed by atoms with van der Waals surface area (Å²) in [5.74, 6) is -0.0427. The molecule has 1 saturated heterocycles. The van der Waals surface area contributed by atoms with Crippen molar-refractivity contribution in [1.82, 2.24) is 14.6 Å². The molecule has 27 heavy (non-hydrogen) atoms. The van der Waals surface area contributed by atoms with Crippen LogP contribution in [0.2, 0.25) is 5.02 Å². The summed E-state index contributed by atoms with van der Waals surface area (Å²) in [6.07, 6.45) is 3.63. The van der Waals surface area contributed by atoms with Crippen molar-refractivity contribution >= 4 is 38.9 Å². The molecule has 1 fully saturated rings. The van der Waals surface area contributed by atoms with Gasteiger partial charge in [0.15, 0.2) is 0 Å². The molecule has 1 aliphatic heterocycles. The average Bonchev–Trinajstić information content (AvgIpc) is 3.15. The van der Waals surface area contributed by atoms with E-state index in [2.05, 4.69) is 9.71 Å². The Hall–Kier alpha value is -1.48. The first-order chi connectivity index (χ1) is 12.8. The van der Waals surface area contributed by atoms with Gasteiger partial charge in [-0.15, -0.1) is 11.3 Å². The highest BCUT2D eigenvalue weighted by molar-refractivity contribution is 7.89. The van der Waals surface area contributed by atoms with Crippen LogP contribution in [0, 0.1) is 0 Å². The molecule has 9 heteroatoms. The molecule has 0 aliphatic carbocycles. The molecule has 0 saturated carbocycles. The Morgan fingerprint density at radius 2 is 2.19 bits per heavy atom. The fourth-order valence-electron chi connectivity index (χ4n) is 3.18. The number of nitrogens with one attached hydrogen (secondary N) is 1. The van der Waals surface area contributed by atoms with Crippen LogP contribution >= 0.6 is 22.9 Å². The Bertz CT molecular complexity index is 914. The number of likely N-dealkylation sites (tertiary alicyclic amines) is 1. The molecular formula is C18H22ClN3O3S2. The first-order valence-corrected chi connectivity index (χ1v) is 11.5. The normalized spacial score (nSPS) is 18.1. The highest BCUT2D eigenvalue weighted by Crippen LogP contribution is 2.30. The van der Waals surface area contributed by atoms with Crippen LogP contribution in [-0.2, 0) is 10.0 Å². The maximum Gasteiger partial charge on any atom is 0.255 e. The van der Waals surface area contributed by atoms with E-state index in [9.17, 15) is 13.2 Å². The molecule has 3 rings (SSSR count). The lowest BCUT2D eigenvalue weighted by molar-refractivity contribution is 0.0707. The molecule has 1 aliphatic rings. The minimum Gasteiger partial charge on any atom is -0.338 e. The third-order valence-corrected chi connectivity index (χ3v) is 7.30. The molecule has 2 aromatic rings. The number of aromatic nitrogens is 1. The number of hydrogen-bond acceptors (Lipinski definition) is 5. The van der Waals surface area contributed by atoms with Crippen LogP contribution in [0.15, 0.2) is 34.7 Å². The fraction of sp³-hybridized carbons (Fsp3) is 0.444. The highest BCUT2D eigenvalue weighted by atomic mass is 35.5. The number of piperidine rings is 1. The van der Waals surface area contributed by atoms with Crippen molar-refractivity contribution in [2.24, 2.45) is 0 Å². The van der Waals surface area contributed by atoms with E-state index in [0.717, 1.165) is 17.8 Å². The summed E-state index contributed by atoms with van der Waals surface area (Å²) >= 11 is 7.82. The van der Waals surface area contributed by atoms with Crippen LogP contribution in [-0.4, -0.2) is 43.3 Å². The zero-order valence-electron chi connectivity index (χ0n) is 15.2. The van der Waals surface area contributed by atoms with Crippen LogP contribution in [0.5, 0.6) is 0 Å². The Kier molecular flexibility index (Phi) is 6.20. The molecule has 1 aromatic heterocycles. The van der Waals surface area contributed by atoms with Crippen LogP contribution in [0.4, 0.5) is 0 Å². The van der Waals surface area contributed by atoms with E-state index < -0.39 is 10.0 Å². The highest BCUT2D eigenvalue weighted by Gasteiger charge is 2.28. The summed E-state index contributed by atoms with van der Waals surface area (Å²) < 4.78 is 27.4. The van der Waals surface area contributed by atoms with Gasteiger partial charge >= 0.3 is 0 Å². The number of carbonyl (C=O) groups excluding carboxylic acids is 1. The SMILES string of the molecule is CC(C)NS(=O)(=O)c1ccc(Cl)c(C(=O)N2CCCC(c3nccs3)C2)c1. The second-order valence-electron chi connectivity index (χ2n) is 6.88. The molecule has 1 amide bonds. The average molecular weight is 428 g/mol. The van der Waals surface area contributed by atoms with Crippen LogP contribution in [0.1, 0.15) is 48.0 Å². The van der Waals surface area contributed by atoms with Gasteiger partial charge in [-0.25, -0.2) is 18.1 Å². The predicted octanol–water partition coefficient (Wildman–Crippen LogP) is 3.50. The molecule has 6 nitrogen and oxygen atoms in total. The number of benzene rings is 1. The van der Waals surface area contributed by atoms with Crippen molar-refractivity contribution < 1.29 is 13.2 Å². The van der Waals surface area contributed by atoms with Crippen molar-refractivity contribution in [2.45, 2.75) is 43.5 Å². The second kappa shape index (κ2) is 8.26. The summed E-state index contributed by atoms with van der Waals surface area (Å²) in [7, 11) is -3.70. The number of halogens is 1. The lowest BCUT2D eigenvalue weighted by Crippen LogP contribution is -2.39. The molecular weight excluding hydrogens is 406 g/mol. The van der Waals surface area contributed by atoms with Gasteiger partial charge in [0.25, 0.3) is 5.91 Å². The number of nitrogens with zero attached hydrogens (tertiary/aromatic N) is 2. The minimum atomic E-state index is -3.70. The number of rotatable bonds is 5. The molecule has 0 spiro atoms. The Balaban J connectivity index is 1.85. The van der Waals surface area contributed by atoms with E-state index in [0.29, 0.717) is 13.1 Å². The summed E-state index contributed by atoms with van der Waals surface area (Å²) in [5.41, 5.74) is 0.211. The van der Waals surface area contributed by atoms with Gasteiger partial charge in [0.2, 0.25) is 10.0 Å². The Labute approximate surface area is 168 Å². The monoisotopic (exact) mass is 427 g/mol. The van der Waals surface area contributed by atoms with E-state index in [1.165, 1.54) is 18.2 Å². The van der Waals surface area contributed by atoms with Gasteiger partial charge < -0.3 is 4.90 Å². The van der Waals surface area contributed by atoms with Crippen molar-refractivity contribution in [1.29, 1.82) is 0 Å². The molecule has 0 bridgehead atoms. The molecule has 146 valence electrons. The number of thiazole rings is 1. The lowest BCUT2D eigenvalue weighted by Gasteiger charge is -2.32. The third kappa shape index (κ3) is 4.68. The van der Waals surface area contributed by atoms with Gasteiger partial charge in [-0.2, -0.15) is 0 Å². The van der Waals surface area contributed by atoms with Gasteiger partial charge in [0.05, 0.1) is 20.5 Å². The first-order valence-electron chi connectivity index (χ1n) is 8.78. The maximum atomic E-state index is 13.0. The number of hydrogen-bond donors (Lipinski definition) is 1. The molecule has 1 atom stereocenters. The zero-order chi connectivity index (χ0) is 19.6. The van der Waals surface area contributed by atoms with Gasteiger partial charge in [-0.3, -0.25) is 4.79 Å². The van der Waals surface area contributed by atoms with Crippen molar-refractivity contribution in [2.75, 3.05) is 13.1 Å². The standard InChI is InChI=1S/C18H22ClN3O3S2/c1-12(2)21-27(24,25)14-5-6-16(19)15(10-14)18(23)22-8-3-4-13(11-22)17-20-7-9-26-17/h5-7,9-10,12-13,21H,3-4,8,11H2,1-2H3. The summed E-state index contributed by atoms with van der Waals surface area (Å²) in [6, 6.07) is 4.00.